The summed E-state index contributed by atoms with van der Waals surface area (Å²) in [7, 11) is 1.34. The maximum absolute atomic E-state index is 11.5. The van der Waals surface area contributed by atoms with Gasteiger partial charge >= 0.3 is 5.97 Å². The second kappa shape index (κ2) is 4.32. The minimum Gasteiger partial charge on any atom is -0.464 e. The number of carbonyl (C=O) groups is 1. The van der Waals surface area contributed by atoms with Gasteiger partial charge in [0.15, 0.2) is 0 Å². The van der Waals surface area contributed by atoms with Crippen LogP contribution in [0.15, 0.2) is 10.7 Å². The number of hydrogen-bond donors (Lipinski definition) is 1. The zero-order chi connectivity index (χ0) is 11.6. The van der Waals surface area contributed by atoms with Gasteiger partial charge in [0.2, 0.25) is 0 Å². The van der Waals surface area contributed by atoms with E-state index in [4.69, 9.17) is 5.73 Å². The van der Waals surface area contributed by atoms with Crippen LogP contribution in [-0.4, -0.2) is 29.4 Å². The van der Waals surface area contributed by atoms with Crippen LogP contribution in [0.3, 0.4) is 0 Å². The summed E-state index contributed by atoms with van der Waals surface area (Å²) in [5.41, 5.74) is 5.60. The molecule has 1 heterocycles. The lowest BCUT2D eigenvalue weighted by molar-refractivity contribution is 0.0577. The van der Waals surface area contributed by atoms with Crippen LogP contribution in [0.1, 0.15) is 24.3 Å². The third-order valence-corrected chi connectivity index (χ3v) is 2.53. The molecule has 0 aromatic carbocycles. The summed E-state index contributed by atoms with van der Waals surface area (Å²) in [6, 6.07) is 1.61. The highest BCUT2D eigenvalue weighted by Crippen LogP contribution is 2.20. The Morgan fingerprint density at radius 3 is 2.80 bits per heavy atom. The van der Waals surface area contributed by atoms with Crippen molar-refractivity contribution >= 4 is 21.9 Å². The highest BCUT2D eigenvalue weighted by Gasteiger charge is 2.26. The summed E-state index contributed by atoms with van der Waals surface area (Å²) in [6.45, 7) is 4.18. The summed E-state index contributed by atoms with van der Waals surface area (Å²) >= 11 is 3.22. The van der Waals surface area contributed by atoms with E-state index in [1.54, 1.807) is 10.7 Å². The molecule has 5 nitrogen and oxygen atoms in total. The van der Waals surface area contributed by atoms with Crippen LogP contribution in [0.25, 0.3) is 0 Å². The molecule has 0 aliphatic rings. The number of carbonyl (C=O) groups excluding carboxylic acids is 1. The van der Waals surface area contributed by atoms with Crippen LogP contribution in [0.5, 0.6) is 0 Å². The van der Waals surface area contributed by atoms with Gasteiger partial charge in [-0.2, -0.15) is 5.10 Å². The fourth-order valence-electron chi connectivity index (χ4n) is 1.15. The molecular formula is C9H14BrN3O2. The van der Waals surface area contributed by atoms with Crippen LogP contribution in [-0.2, 0) is 10.3 Å². The average molecular weight is 276 g/mol. The van der Waals surface area contributed by atoms with E-state index in [0.717, 1.165) is 0 Å². The Labute approximate surface area is 96.7 Å². The molecule has 0 unspecified atom stereocenters. The molecule has 0 spiro atoms. The van der Waals surface area contributed by atoms with Crippen molar-refractivity contribution in [3.63, 3.8) is 0 Å². The van der Waals surface area contributed by atoms with Crippen molar-refractivity contribution in [3.05, 3.63) is 16.4 Å². The fraction of sp³-hybridized carbons (Fsp3) is 0.556. The Bertz CT molecular complexity index is 373. The van der Waals surface area contributed by atoms with E-state index >= 15 is 0 Å². The quantitative estimate of drug-likeness (QED) is 0.840. The van der Waals surface area contributed by atoms with Gasteiger partial charge < -0.3 is 10.5 Å². The number of aromatic nitrogens is 2. The van der Waals surface area contributed by atoms with Gasteiger partial charge in [0, 0.05) is 12.6 Å². The first-order chi connectivity index (χ1) is 6.92. The molecule has 0 saturated heterocycles. The van der Waals surface area contributed by atoms with Gasteiger partial charge in [0.25, 0.3) is 0 Å². The standard InChI is InChI=1S/C9H14BrN3O2/c1-9(2,5-11)13-6(8(14)15-3)4-7(10)12-13/h4H,5,11H2,1-3H3. The van der Waals surface area contributed by atoms with E-state index in [0.29, 0.717) is 16.8 Å². The molecule has 0 aliphatic heterocycles. The van der Waals surface area contributed by atoms with Gasteiger partial charge in [0.05, 0.1) is 12.6 Å². The van der Waals surface area contributed by atoms with Crippen LogP contribution >= 0.6 is 15.9 Å². The number of halogens is 1. The summed E-state index contributed by atoms with van der Waals surface area (Å²) in [6.07, 6.45) is 0. The topological polar surface area (TPSA) is 70.1 Å². The Morgan fingerprint density at radius 1 is 1.73 bits per heavy atom. The molecule has 1 aromatic rings. The molecule has 0 saturated carbocycles. The smallest absolute Gasteiger partial charge is 0.356 e. The number of rotatable bonds is 3. The van der Waals surface area contributed by atoms with Gasteiger partial charge in [-0.15, -0.1) is 0 Å². The van der Waals surface area contributed by atoms with E-state index in [9.17, 15) is 4.79 Å². The molecule has 15 heavy (non-hydrogen) atoms. The largest absolute Gasteiger partial charge is 0.464 e. The lowest BCUT2D eigenvalue weighted by Gasteiger charge is -2.24. The number of esters is 1. The second-order valence-corrected chi connectivity index (χ2v) is 4.58. The Kier molecular flexibility index (Phi) is 3.51. The summed E-state index contributed by atoms with van der Waals surface area (Å²) in [4.78, 5) is 11.5. The van der Waals surface area contributed by atoms with Gasteiger partial charge in [0.1, 0.15) is 10.3 Å². The number of nitrogens with two attached hydrogens (primary N) is 1. The van der Waals surface area contributed by atoms with Crippen molar-refractivity contribution in [2.45, 2.75) is 19.4 Å². The molecule has 6 heteroatoms. The Hall–Kier alpha value is -0.880. The van der Waals surface area contributed by atoms with Crippen molar-refractivity contribution in [2.24, 2.45) is 5.73 Å². The third kappa shape index (κ3) is 2.38. The van der Waals surface area contributed by atoms with Gasteiger partial charge in [-0.3, -0.25) is 4.68 Å². The molecule has 2 N–H and O–H groups in total. The van der Waals surface area contributed by atoms with Crippen molar-refractivity contribution in [1.29, 1.82) is 0 Å². The average Bonchev–Trinajstić information content (AvgIpc) is 2.60. The summed E-state index contributed by atoms with van der Waals surface area (Å²) < 4.78 is 6.83. The first-order valence-electron chi connectivity index (χ1n) is 4.47. The molecule has 0 amide bonds. The molecule has 0 fully saturated rings. The Morgan fingerprint density at radius 2 is 2.33 bits per heavy atom. The van der Waals surface area contributed by atoms with E-state index in [1.165, 1.54) is 7.11 Å². The molecule has 0 aliphatic carbocycles. The zero-order valence-corrected chi connectivity index (χ0v) is 10.5. The molecule has 84 valence electrons. The number of ether oxygens (including phenoxy) is 1. The van der Waals surface area contributed by atoms with Gasteiger partial charge in [-0.1, -0.05) is 0 Å². The number of methoxy groups -OCH3 is 1. The second-order valence-electron chi connectivity index (χ2n) is 3.77. The number of nitrogens with zero attached hydrogens (tertiary/aromatic N) is 2. The predicted molar refractivity (Wildman–Crippen MR) is 59.6 cm³/mol. The Balaban J connectivity index is 3.23. The third-order valence-electron chi connectivity index (χ3n) is 2.15. The van der Waals surface area contributed by atoms with Gasteiger partial charge in [-0.25, -0.2) is 4.79 Å². The van der Waals surface area contributed by atoms with E-state index in [1.807, 2.05) is 13.8 Å². The van der Waals surface area contributed by atoms with Crippen LogP contribution < -0.4 is 5.73 Å². The minimum atomic E-state index is -0.422. The van der Waals surface area contributed by atoms with E-state index in [2.05, 4.69) is 25.8 Å². The predicted octanol–water partition coefficient (Wildman–Crippen LogP) is 1.13. The SMILES string of the molecule is COC(=O)c1cc(Br)nn1C(C)(C)CN. The van der Waals surface area contributed by atoms with Crippen molar-refractivity contribution in [3.8, 4) is 0 Å². The highest BCUT2D eigenvalue weighted by molar-refractivity contribution is 9.10. The van der Waals surface area contributed by atoms with E-state index < -0.39 is 11.5 Å². The van der Waals surface area contributed by atoms with Crippen molar-refractivity contribution in [2.75, 3.05) is 13.7 Å². The fourth-order valence-corrected chi connectivity index (χ4v) is 1.53. The molecule has 1 rings (SSSR count). The lowest BCUT2D eigenvalue weighted by atomic mass is 10.1. The molecule has 0 atom stereocenters. The van der Waals surface area contributed by atoms with Crippen LogP contribution in [0, 0.1) is 0 Å². The minimum absolute atomic E-state index is 0.380. The summed E-state index contributed by atoms with van der Waals surface area (Å²) in [5.74, 6) is -0.422. The van der Waals surface area contributed by atoms with Crippen LogP contribution in [0.2, 0.25) is 0 Å². The van der Waals surface area contributed by atoms with E-state index in [-0.39, 0.29) is 0 Å². The molecular weight excluding hydrogens is 262 g/mol. The van der Waals surface area contributed by atoms with Crippen molar-refractivity contribution < 1.29 is 9.53 Å². The molecule has 1 aromatic heterocycles. The highest BCUT2D eigenvalue weighted by atomic mass is 79.9. The zero-order valence-electron chi connectivity index (χ0n) is 8.95. The molecule has 0 radical (unpaired) electrons. The maximum Gasteiger partial charge on any atom is 0.356 e. The first-order valence-corrected chi connectivity index (χ1v) is 5.26. The summed E-state index contributed by atoms with van der Waals surface area (Å²) in [5, 5.41) is 4.17. The van der Waals surface area contributed by atoms with Crippen LogP contribution in [0.4, 0.5) is 0 Å². The van der Waals surface area contributed by atoms with Crippen molar-refractivity contribution in [1.82, 2.24) is 9.78 Å². The van der Waals surface area contributed by atoms with Gasteiger partial charge in [-0.05, 0) is 29.8 Å². The lowest BCUT2D eigenvalue weighted by Crippen LogP contribution is -2.38. The molecule has 0 bridgehead atoms. The first kappa shape index (κ1) is 12.2. The normalized spacial score (nSPS) is 11.5. The number of hydrogen-bond acceptors (Lipinski definition) is 4. The monoisotopic (exact) mass is 275 g/mol. The maximum atomic E-state index is 11.5.